The average molecular weight is 368 g/mol. The van der Waals surface area contributed by atoms with Crippen LogP contribution >= 0.6 is 0 Å². The molecule has 1 saturated heterocycles. The van der Waals surface area contributed by atoms with Gasteiger partial charge in [0.15, 0.2) is 11.5 Å². The first-order valence-electron chi connectivity index (χ1n) is 9.39. The smallest absolute Gasteiger partial charge is 0.321 e. The molecule has 2 heterocycles. The third-order valence-electron chi connectivity index (χ3n) is 4.79. The molecule has 2 amide bonds. The van der Waals surface area contributed by atoms with Gasteiger partial charge in [0.2, 0.25) is 0 Å². The molecule has 0 radical (unpaired) electrons. The van der Waals surface area contributed by atoms with Gasteiger partial charge in [0.05, 0.1) is 12.7 Å². The van der Waals surface area contributed by atoms with Gasteiger partial charge in [-0.1, -0.05) is 30.3 Å². The molecular formula is C21H24N2O4. The van der Waals surface area contributed by atoms with Crippen molar-refractivity contribution in [1.82, 2.24) is 4.90 Å². The number of fused-ring (bicyclic) bond motifs is 1. The number of nitrogens with zero attached hydrogens (tertiary/aromatic N) is 1. The van der Waals surface area contributed by atoms with E-state index in [2.05, 4.69) is 17.4 Å². The van der Waals surface area contributed by atoms with E-state index >= 15 is 0 Å². The summed E-state index contributed by atoms with van der Waals surface area (Å²) in [4.78, 5) is 14.5. The number of hydrogen-bond donors (Lipinski definition) is 1. The molecule has 2 aromatic rings. The number of carbonyl (C=O) groups excluding carboxylic acids is 1. The van der Waals surface area contributed by atoms with Gasteiger partial charge >= 0.3 is 6.03 Å². The summed E-state index contributed by atoms with van der Waals surface area (Å²) in [5.74, 6) is 1.38. The highest BCUT2D eigenvalue weighted by Gasteiger charge is 2.24. The molecule has 1 N–H and O–H groups in total. The largest absolute Gasteiger partial charge is 0.486 e. The number of amides is 2. The Balaban J connectivity index is 1.32. The number of nitrogens with one attached hydrogen (secondary N) is 1. The van der Waals surface area contributed by atoms with Gasteiger partial charge in [0.25, 0.3) is 0 Å². The normalized spacial score (nSPS) is 18.8. The summed E-state index contributed by atoms with van der Waals surface area (Å²) < 4.78 is 17.1. The van der Waals surface area contributed by atoms with E-state index in [-0.39, 0.29) is 12.1 Å². The molecule has 0 spiro atoms. The number of ether oxygens (including phenoxy) is 3. The number of likely N-dealkylation sites (tertiary alicyclic amines) is 1. The summed E-state index contributed by atoms with van der Waals surface area (Å²) in [6.07, 6.45) is 1.97. The highest BCUT2D eigenvalue weighted by molar-refractivity contribution is 5.89. The minimum Gasteiger partial charge on any atom is -0.486 e. The quantitative estimate of drug-likeness (QED) is 0.895. The summed E-state index contributed by atoms with van der Waals surface area (Å²) in [5.41, 5.74) is 1.85. The topological polar surface area (TPSA) is 60.0 Å². The van der Waals surface area contributed by atoms with E-state index < -0.39 is 0 Å². The van der Waals surface area contributed by atoms with Gasteiger partial charge in [-0.15, -0.1) is 0 Å². The number of hydrogen-bond acceptors (Lipinski definition) is 4. The Morgan fingerprint density at radius 2 is 1.93 bits per heavy atom. The van der Waals surface area contributed by atoms with Crippen molar-refractivity contribution in [1.29, 1.82) is 0 Å². The highest BCUT2D eigenvalue weighted by Crippen LogP contribution is 2.32. The molecule has 1 unspecified atom stereocenters. The van der Waals surface area contributed by atoms with Crippen LogP contribution in [-0.2, 0) is 11.3 Å². The van der Waals surface area contributed by atoms with Crippen LogP contribution in [0.5, 0.6) is 11.5 Å². The molecule has 6 nitrogen and oxygen atoms in total. The second-order valence-corrected chi connectivity index (χ2v) is 6.80. The maximum absolute atomic E-state index is 12.6. The van der Waals surface area contributed by atoms with Crippen molar-refractivity contribution < 1.29 is 19.0 Å². The molecule has 27 heavy (non-hydrogen) atoms. The zero-order valence-electron chi connectivity index (χ0n) is 15.2. The fourth-order valence-electron chi connectivity index (χ4n) is 3.37. The van der Waals surface area contributed by atoms with Gasteiger partial charge in [-0.25, -0.2) is 4.79 Å². The molecule has 6 heteroatoms. The van der Waals surface area contributed by atoms with Crippen molar-refractivity contribution in [2.24, 2.45) is 0 Å². The second kappa shape index (κ2) is 8.31. The number of carbonyl (C=O) groups is 1. The van der Waals surface area contributed by atoms with Crippen molar-refractivity contribution in [3.8, 4) is 11.5 Å². The summed E-state index contributed by atoms with van der Waals surface area (Å²) >= 11 is 0. The second-order valence-electron chi connectivity index (χ2n) is 6.80. The molecule has 1 fully saturated rings. The Morgan fingerprint density at radius 3 is 2.78 bits per heavy atom. The van der Waals surface area contributed by atoms with Gasteiger partial charge in [-0.3, -0.25) is 0 Å². The van der Waals surface area contributed by atoms with Crippen molar-refractivity contribution >= 4 is 11.7 Å². The van der Waals surface area contributed by atoms with Gasteiger partial charge < -0.3 is 24.4 Å². The average Bonchev–Trinajstić information content (AvgIpc) is 2.73. The standard InChI is InChI=1S/C21H24N2O4/c24-21(22-17-8-9-19-20(13-17)26-12-11-25-19)23-10-4-7-18(14-23)27-15-16-5-2-1-3-6-16/h1-3,5-6,8-9,13,18H,4,7,10-12,14-15H2,(H,22,24). The minimum absolute atomic E-state index is 0.0602. The molecule has 2 aliphatic rings. The third kappa shape index (κ3) is 4.52. The molecule has 142 valence electrons. The minimum atomic E-state index is -0.111. The lowest BCUT2D eigenvalue weighted by Crippen LogP contribution is -2.45. The van der Waals surface area contributed by atoms with Crippen LogP contribution in [0.4, 0.5) is 10.5 Å². The first-order valence-corrected chi connectivity index (χ1v) is 9.39. The number of rotatable bonds is 4. The summed E-state index contributed by atoms with van der Waals surface area (Å²) in [7, 11) is 0. The Labute approximate surface area is 159 Å². The summed E-state index contributed by atoms with van der Waals surface area (Å²) in [6, 6.07) is 15.5. The van der Waals surface area contributed by atoms with Crippen LogP contribution in [0, 0.1) is 0 Å². The van der Waals surface area contributed by atoms with E-state index in [0.29, 0.717) is 43.6 Å². The van der Waals surface area contributed by atoms with Crippen LogP contribution in [0.15, 0.2) is 48.5 Å². The first kappa shape index (κ1) is 17.7. The van der Waals surface area contributed by atoms with Gasteiger partial charge in [0.1, 0.15) is 13.2 Å². The van der Waals surface area contributed by atoms with Crippen LogP contribution in [0.25, 0.3) is 0 Å². The monoisotopic (exact) mass is 368 g/mol. The van der Waals surface area contributed by atoms with E-state index in [1.807, 2.05) is 35.2 Å². The van der Waals surface area contributed by atoms with Crippen molar-refractivity contribution in [2.45, 2.75) is 25.6 Å². The van der Waals surface area contributed by atoms with Crippen LogP contribution in [0.1, 0.15) is 18.4 Å². The SMILES string of the molecule is O=C(Nc1ccc2c(c1)OCCO2)N1CCCC(OCc2ccccc2)C1. The van der Waals surface area contributed by atoms with Crippen LogP contribution in [0.3, 0.4) is 0 Å². The van der Waals surface area contributed by atoms with Crippen LogP contribution in [-0.4, -0.2) is 43.3 Å². The predicted molar refractivity (Wildman–Crippen MR) is 102 cm³/mol. The van der Waals surface area contributed by atoms with Gasteiger partial charge in [-0.05, 0) is 30.5 Å². The molecule has 2 aliphatic heterocycles. The van der Waals surface area contributed by atoms with E-state index in [4.69, 9.17) is 14.2 Å². The Morgan fingerprint density at radius 1 is 1.11 bits per heavy atom. The summed E-state index contributed by atoms with van der Waals surface area (Å²) in [5, 5.41) is 2.95. The highest BCUT2D eigenvalue weighted by atomic mass is 16.6. The maximum Gasteiger partial charge on any atom is 0.321 e. The molecule has 0 aromatic heterocycles. The predicted octanol–water partition coefficient (Wildman–Crippen LogP) is 3.67. The third-order valence-corrected chi connectivity index (χ3v) is 4.79. The van der Waals surface area contributed by atoms with E-state index in [0.717, 1.165) is 24.9 Å². The van der Waals surface area contributed by atoms with E-state index in [9.17, 15) is 4.79 Å². The molecule has 0 aliphatic carbocycles. The van der Waals surface area contributed by atoms with Crippen molar-refractivity contribution in [2.75, 3.05) is 31.6 Å². The van der Waals surface area contributed by atoms with E-state index in [1.54, 1.807) is 6.07 Å². The van der Waals surface area contributed by atoms with Gasteiger partial charge in [-0.2, -0.15) is 0 Å². The lowest BCUT2D eigenvalue weighted by Gasteiger charge is -2.32. The Kier molecular flexibility index (Phi) is 5.44. The fourth-order valence-corrected chi connectivity index (χ4v) is 3.37. The molecule has 0 bridgehead atoms. The molecule has 2 aromatic carbocycles. The number of piperidine rings is 1. The summed E-state index contributed by atoms with van der Waals surface area (Å²) in [6.45, 7) is 2.99. The molecular weight excluding hydrogens is 344 g/mol. The molecule has 0 saturated carbocycles. The van der Waals surface area contributed by atoms with Crippen LogP contribution in [0.2, 0.25) is 0 Å². The zero-order chi connectivity index (χ0) is 18.5. The molecule has 1 atom stereocenters. The zero-order valence-corrected chi connectivity index (χ0v) is 15.2. The first-order chi connectivity index (χ1) is 13.3. The van der Waals surface area contributed by atoms with Crippen molar-refractivity contribution in [3.63, 3.8) is 0 Å². The lowest BCUT2D eigenvalue weighted by atomic mass is 10.1. The van der Waals surface area contributed by atoms with Crippen molar-refractivity contribution in [3.05, 3.63) is 54.1 Å². The Hall–Kier alpha value is -2.73. The van der Waals surface area contributed by atoms with E-state index in [1.165, 1.54) is 0 Å². The number of anilines is 1. The Bertz CT molecular complexity index is 781. The van der Waals surface area contributed by atoms with Gasteiger partial charge in [0, 0.05) is 24.8 Å². The molecule has 4 rings (SSSR count). The maximum atomic E-state index is 12.6. The number of benzene rings is 2. The fraction of sp³-hybridized carbons (Fsp3) is 0.381. The number of urea groups is 1. The lowest BCUT2D eigenvalue weighted by molar-refractivity contribution is 0.00102. The van der Waals surface area contributed by atoms with Crippen LogP contribution < -0.4 is 14.8 Å².